The molecular formula is C11H16N4O3. The Balaban J connectivity index is 2.97. The molecule has 98 valence electrons. The van der Waals surface area contributed by atoms with E-state index in [0.29, 0.717) is 5.69 Å². The number of carbonyl (C=O) groups is 1. The number of hydrogen-bond donors (Lipinski definition) is 3. The predicted octanol–water partition coefficient (Wildman–Crippen LogP) is 1.24. The van der Waals surface area contributed by atoms with Gasteiger partial charge in [-0.05, 0) is 19.9 Å². The molecule has 0 aliphatic carbocycles. The van der Waals surface area contributed by atoms with Gasteiger partial charge in [0.1, 0.15) is 0 Å². The third-order valence-corrected chi connectivity index (χ3v) is 2.25. The Labute approximate surface area is 104 Å². The Hall–Kier alpha value is -2.31. The van der Waals surface area contributed by atoms with Gasteiger partial charge in [0.2, 0.25) is 5.91 Å². The lowest BCUT2D eigenvalue weighted by Crippen LogP contribution is -2.36. The summed E-state index contributed by atoms with van der Waals surface area (Å²) >= 11 is 0. The number of hydrogen-bond acceptors (Lipinski definition) is 5. The Kier molecular flexibility index (Phi) is 3.75. The molecule has 1 rings (SSSR count). The molecule has 5 N–H and O–H groups in total. The fraction of sp³-hybridized carbons (Fsp3) is 0.364. The predicted molar refractivity (Wildman–Crippen MR) is 69.0 cm³/mol. The number of carbonyl (C=O) groups excluding carboxylic acids is 1. The molecule has 0 saturated heterocycles. The number of rotatable bonds is 5. The van der Waals surface area contributed by atoms with Crippen LogP contribution in [-0.2, 0) is 4.79 Å². The molecule has 1 amide bonds. The largest absolute Gasteiger partial charge is 0.398 e. The van der Waals surface area contributed by atoms with Gasteiger partial charge >= 0.3 is 0 Å². The molecule has 0 spiro atoms. The van der Waals surface area contributed by atoms with Crippen molar-refractivity contribution in [2.45, 2.75) is 25.8 Å². The SMILES string of the molecule is CC(C)(CC(N)=O)Nc1cc(N)cc([N+](=O)[O-])c1. The average Bonchev–Trinajstić information content (AvgIpc) is 2.12. The molecule has 1 aromatic carbocycles. The van der Waals surface area contributed by atoms with E-state index in [4.69, 9.17) is 11.5 Å². The number of anilines is 2. The van der Waals surface area contributed by atoms with Crippen LogP contribution in [0.1, 0.15) is 20.3 Å². The van der Waals surface area contributed by atoms with Crippen LogP contribution in [0, 0.1) is 10.1 Å². The quantitative estimate of drug-likeness (QED) is 0.413. The molecule has 0 bridgehead atoms. The summed E-state index contributed by atoms with van der Waals surface area (Å²) in [5, 5.41) is 13.7. The lowest BCUT2D eigenvalue weighted by molar-refractivity contribution is -0.384. The van der Waals surface area contributed by atoms with Crippen molar-refractivity contribution in [3.8, 4) is 0 Å². The Bertz CT molecular complexity index is 485. The van der Waals surface area contributed by atoms with Crippen molar-refractivity contribution in [3.05, 3.63) is 28.3 Å². The van der Waals surface area contributed by atoms with Crippen LogP contribution in [0.3, 0.4) is 0 Å². The fourth-order valence-corrected chi connectivity index (χ4v) is 1.68. The zero-order valence-corrected chi connectivity index (χ0v) is 10.3. The van der Waals surface area contributed by atoms with Gasteiger partial charge < -0.3 is 16.8 Å². The normalized spacial score (nSPS) is 11.0. The molecule has 0 unspecified atom stereocenters. The third kappa shape index (κ3) is 3.93. The number of nitrogens with zero attached hydrogens (tertiary/aromatic N) is 1. The van der Waals surface area contributed by atoms with Crippen LogP contribution in [0.2, 0.25) is 0 Å². The first-order chi connectivity index (χ1) is 8.19. The van der Waals surface area contributed by atoms with Gasteiger partial charge in [-0.25, -0.2) is 0 Å². The number of benzene rings is 1. The molecule has 0 saturated carbocycles. The molecule has 1 aromatic rings. The van der Waals surface area contributed by atoms with Crippen LogP contribution >= 0.6 is 0 Å². The summed E-state index contributed by atoms with van der Waals surface area (Å²) in [4.78, 5) is 21.1. The molecule has 0 aliphatic rings. The van der Waals surface area contributed by atoms with E-state index in [1.54, 1.807) is 19.9 Å². The van der Waals surface area contributed by atoms with Gasteiger partial charge in [-0.15, -0.1) is 0 Å². The number of nitrogen functional groups attached to an aromatic ring is 1. The second kappa shape index (κ2) is 4.91. The molecule has 0 radical (unpaired) electrons. The van der Waals surface area contributed by atoms with E-state index in [0.717, 1.165) is 0 Å². The topological polar surface area (TPSA) is 124 Å². The van der Waals surface area contributed by atoms with Crippen LogP contribution in [0.5, 0.6) is 0 Å². The van der Waals surface area contributed by atoms with Gasteiger partial charge in [-0.1, -0.05) is 0 Å². The lowest BCUT2D eigenvalue weighted by Gasteiger charge is -2.26. The number of primary amides is 1. The van der Waals surface area contributed by atoms with Crippen molar-refractivity contribution in [1.29, 1.82) is 0 Å². The smallest absolute Gasteiger partial charge is 0.273 e. The second-order valence-electron chi connectivity index (χ2n) is 4.72. The maximum Gasteiger partial charge on any atom is 0.273 e. The summed E-state index contributed by atoms with van der Waals surface area (Å²) in [5.74, 6) is -0.453. The molecule has 0 heterocycles. The molecule has 7 nitrogen and oxygen atoms in total. The summed E-state index contributed by atoms with van der Waals surface area (Å²) in [6, 6.07) is 4.20. The average molecular weight is 252 g/mol. The Morgan fingerprint density at radius 1 is 1.44 bits per heavy atom. The zero-order valence-electron chi connectivity index (χ0n) is 10.3. The lowest BCUT2D eigenvalue weighted by atomic mass is 9.99. The van der Waals surface area contributed by atoms with Crippen LogP contribution in [-0.4, -0.2) is 16.4 Å². The van der Waals surface area contributed by atoms with E-state index in [1.165, 1.54) is 12.1 Å². The van der Waals surface area contributed by atoms with Crippen LogP contribution < -0.4 is 16.8 Å². The summed E-state index contributed by atoms with van der Waals surface area (Å²) in [6.07, 6.45) is 0.107. The standard InChI is InChI=1S/C11H16N4O3/c1-11(2,6-10(13)16)14-8-3-7(12)4-9(5-8)15(17)18/h3-5,14H,6,12H2,1-2H3,(H2,13,16). The highest BCUT2D eigenvalue weighted by molar-refractivity contribution is 5.76. The monoisotopic (exact) mass is 252 g/mol. The van der Waals surface area contributed by atoms with E-state index < -0.39 is 16.4 Å². The van der Waals surface area contributed by atoms with Crippen LogP contribution in [0.15, 0.2) is 18.2 Å². The highest BCUT2D eigenvalue weighted by Crippen LogP contribution is 2.25. The minimum Gasteiger partial charge on any atom is -0.398 e. The number of nitrogens with two attached hydrogens (primary N) is 2. The van der Waals surface area contributed by atoms with Crippen molar-refractivity contribution in [1.82, 2.24) is 0 Å². The van der Waals surface area contributed by atoms with Crippen molar-refractivity contribution < 1.29 is 9.72 Å². The minimum absolute atomic E-state index is 0.104. The van der Waals surface area contributed by atoms with Gasteiger partial charge in [0.05, 0.1) is 4.92 Å². The molecule has 7 heteroatoms. The van der Waals surface area contributed by atoms with Gasteiger partial charge in [-0.3, -0.25) is 14.9 Å². The highest BCUT2D eigenvalue weighted by Gasteiger charge is 2.21. The second-order valence-corrected chi connectivity index (χ2v) is 4.72. The number of nitro benzene ring substituents is 1. The Morgan fingerprint density at radius 2 is 2.06 bits per heavy atom. The number of nitro groups is 1. The number of amides is 1. The molecule has 0 aliphatic heterocycles. The highest BCUT2D eigenvalue weighted by atomic mass is 16.6. The number of nitrogens with one attached hydrogen (secondary N) is 1. The van der Waals surface area contributed by atoms with Gasteiger partial charge in [0.25, 0.3) is 5.69 Å². The maximum absolute atomic E-state index is 10.9. The van der Waals surface area contributed by atoms with Crippen molar-refractivity contribution in [3.63, 3.8) is 0 Å². The summed E-state index contributed by atoms with van der Waals surface area (Å²) in [7, 11) is 0. The van der Waals surface area contributed by atoms with Crippen LogP contribution in [0.25, 0.3) is 0 Å². The maximum atomic E-state index is 10.9. The minimum atomic E-state index is -0.604. The van der Waals surface area contributed by atoms with E-state index in [-0.39, 0.29) is 17.8 Å². The molecule has 0 fully saturated rings. The zero-order chi connectivity index (χ0) is 13.9. The van der Waals surface area contributed by atoms with Gasteiger partial charge in [0.15, 0.2) is 0 Å². The fourth-order valence-electron chi connectivity index (χ4n) is 1.68. The van der Waals surface area contributed by atoms with E-state index >= 15 is 0 Å². The van der Waals surface area contributed by atoms with E-state index in [2.05, 4.69) is 5.32 Å². The third-order valence-electron chi connectivity index (χ3n) is 2.25. The molecule has 18 heavy (non-hydrogen) atoms. The first-order valence-corrected chi connectivity index (χ1v) is 5.31. The first kappa shape index (κ1) is 13.8. The molecular weight excluding hydrogens is 236 g/mol. The van der Waals surface area contributed by atoms with Crippen molar-refractivity contribution in [2.75, 3.05) is 11.1 Å². The van der Waals surface area contributed by atoms with Crippen molar-refractivity contribution in [2.24, 2.45) is 5.73 Å². The summed E-state index contributed by atoms with van der Waals surface area (Å²) < 4.78 is 0. The Morgan fingerprint density at radius 3 is 2.56 bits per heavy atom. The van der Waals surface area contributed by atoms with Gasteiger partial charge in [-0.2, -0.15) is 0 Å². The first-order valence-electron chi connectivity index (χ1n) is 5.31. The summed E-state index contributed by atoms with van der Waals surface area (Å²) in [5.41, 5.74) is 10.8. The van der Waals surface area contributed by atoms with E-state index in [1.807, 2.05) is 0 Å². The van der Waals surface area contributed by atoms with Crippen molar-refractivity contribution >= 4 is 23.0 Å². The summed E-state index contributed by atoms with van der Waals surface area (Å²) in [6.45, 7) is 3.54. The van der Waals surface area contributed by atoms with Gasteiger partial charge in [0, 0.05) is 35.5 Å². The van der Waals surface area contributed by atoms with E-state index in [9.17, 15) is 14.9 Å². The van der Waals surface area contributed by atoms with Crippen LogP contribution in [0.4, 0.5) is 17.1 Å². The molecule has 0 atom stereocenters. The molecule has 0 aromatic heterocycles. The number of non-ortho nitro benzene ring substituents is 1.